The molecule has 3 N–H and O–H groups in total. The minimum absolute atomic E-state index is 0.0215. The van der Waals surface area contributed by atoms with Gasteiger partial charge in [-0.3, -0.25) is 4.79 Å². The Labute approximate surface area is 205 Å². The molecule has 0 fully saturated rings. The molecule has 0 aliphatic heterocycles. The number of nitrogens with zero attached hydrogens (tertiary/aromatic N) is 1. The number of hydrogen-bond acceptors (Lipinski definition) is 6. The summed E-state index contributed by atoms with van der Waals surface area (Å²) in [6.07, 6.45) is 2.10. The Morgan fingerprint density at radius 2 is 1.97 bits per heavy atom. The molecule has 33 heavy (non-hydrogen) atoms. The first-order valence-corrected chi connectivity index (χ1v) is 13.6. The number of hydrogen-bond donors (Lipinski definition) is 3. The number of likely N-dealkylation sites (N-methyl/N-ethyl adjacent to an activating group) is 1. The summed E-state index contributed by atoms with van der Waals surface area (Å²) in [6, 6.07) is 6.45. The standard InChI is InChI=1S/C23H33ClN2O5S2/c1-23(2,9-4-5-17-8-10-32-16-17)25-14-20(27)15-26(3)33(30,31)21-12-18(6-7-22(28)29)11-19(24)13-21/h8,10-13,16,20,25,27H,4-7,9,14-15H2,1-3H3,(H,28,29)/t20-/m1/s1. The van der Waals surface area contributed by atoms with Crippen molar-refractivity contribution in [3.63, 3.8) is 0 Å². The van der Waals surface area contributed by atoms with E-state index in [1.807, 2.05) is 0 Å². The van der Waals surface area contributed by atoms with Crippen LogP contribution in [-0.4, -0.2) is 60.7 Å². The Kier molecular flexibility index (Phi) is 10.3. The largest absolute Gasteiger partial charge is 0.481 e. The van der Waals surface area contributed by atoms with Crippen molar-refractivity contribution in [2.75, 3.05) is 20.1 Å². The molecule has 0 unspecified atom stereocenters. The number of carboxylic acids is 1. The summed E-state index contributed by atoms with van der Waals surface area (Å²) in [6.45, 7) is 4.30. The van der Waals surface area contributed by atoms with Crippen molar-refractivity contribution in [1.82, 2.24) is 9.62 Å². The average molecular weight is 517 g/mol. The molecule has 0 aliphatic carbocycles. The Hall–Kier alpha value is -1.49. The molecule has 1 aromatic heterocycles. The molecule has 184 valence electrons. The molecule has 0 bridgehead atoms. The Balaban J connectivity index is 1.90. The topological polar surface area (TPSA) is 107 Å². The third-order valence-corrected chi connectivity index (χ3v) is 8.15. The Morgan fingerprint density at radius 3 is 2.61 bits per heavy atom. The highest BCUT2D eigenvalue weighted by Gasteiger charge is 2.25. The van der Waals surface area contributed by atoms with E-state index in [4.69, 9.17) is 16.7 Å². The number of aliphatic hydroxyl groups excluding tert-OH is 1. The molecule has 1 aromatic carbocycles. The van der Waals surface area contributed by atoms with Crippen molar-refractivity contribution in [1.29, 1.82) is 0 Å². The van der Waals surface area contributed by atoms with Crippen LogP contribution in [0.5, 0.6) is 0 Å². The van der Waals surface area contributed by atoms with Crippen LogP contribution in [0.15, 0.2) is 39.9 Å². The number of aryl methyl sites for hydroxylation is 2. The van der Waals surface area contributed by atoms with Gasteiger partial charge in [-0.05, 0) is 85.7 Å². The smallest absolute Gasteiger partial charge is 0.303 e. The van der Waals surface area contributed by atoms with Crippen molar-refractivity contribution in [3.05, 3.63) is 51.2 Å². The number of thiophene rings is 1. The van der Waals surface area contributed by atoms with E-state index in [1.165, 1.54) is 24.7 Å². The van der Waals surface area contributed by atoms with Crippen LogP contribution in [0, 0.1) is 0 Å². The predicted octanol–water partition coefficient (Wildman–Crippen LogP) is 3.79. The average Bonchev–Trinajstić information content (AvgIpc) is 3.24. The highest BCUT2D eigenvalue weighted by atomic mass is 35.5. The van der Waals surface area contributed by atoms with E-state index < -0.39 is 22.1 Å². The van der Waals surface area contributed by atoms with Crippen molar-refractivity contribution in [3.8, 4) is 0 Å². The minimum atomic E-state index is -3.90. The van der Waals surface area contributed by atoms with Gasteiger partial charge in [-0.15, -0.1) is 0 Å². The van der Waals surface area contributed by atoms with Crippen LogP contribution in [0.4, 0.5) is 0 Å². The zero-order chi connectivity index (χ0) is 24.6. The molecule has 0 saturated carbocycles. The van der Waals surface area contributed by atoms with E-state index in [2.05, 4.69) is 36.0 Å². The fraction of sp³-hybridized carbons (Fsp3) is 0.522. The summed E-state index contributed by atoms with van der Waals surface area (Å²) in [5, 5.41) is 27.1. The molecule has 1 atom stereocenters. The normalized spacial score (nSPS) is 13.4. The van der Waals surface area contributed by atoms with E-state index in [0.717, 1.165) is 23.6 Å². The summed E-state index contributed by atoms with van der Waals surface area (Å²) in [4.78, 5) is 10.8. The van der Waals surface area contributed by atoms with Crippen molar-refractivity contribution in [2.24, 2.45) is 0 Å². The lowest BCUT2D eigenvalue weighted by Gasteiger charge is -2.29. The quantitative estimate of drug-likeness (QED) is 0.352. The van der Waals surface area contributed by atoms with Crippen LogP contribution in [0.2, 0.25) is 5.02 Å². The second-order valence-corrected chi connectivity index (χ2v) is 12.1. The number of carbonyl (C=O) groups is 1. The van der Waals surface area contributed by atoms with Gasteiger partial charge >= 0.3 is 5.97 Å². The lowest BCUT2D eigenvalue weighted by atomic mass is 9.96. The molecule has 2 aromatic rings. The zero-order valence-corrected chi connectivity index (χ0v) is 21.6. The number of nitrogens with one attached hydrogen (secondary N) is 1. The van der Waals surface area contributed by atoms with Gasteiger partial charge in [-0.1, -0.05) is 11.6 Å². The van der Waals surface area contributed by atoms with E-state index in [-0.39, 0.29) is 41.4 Å². The summed E-state index contributed by atoms with van der Waals surface area (Å²) in [5.74, 6) is -0.971. The number of β-amino-alcohol motifs (C(OH)–C–C–N with tert-alkyl or cyclic N) is 1. The first-order chi connectivity index (χ1) is 15.4. The van der Waals surface area contributed by atoms with E-state index >= 15 is 0 Å². The molecule has 0 saturated heterocycles. The van der Waals surface area contributed by atoms with Crippen LogP contribution in [0.3, 0.4) is 0 Å². The number of carboxylic acid groups (broad SMARTS) is 1. The van der Waals surface area contributed by atoms with Crippen LogP contribution < -0.4 is 5.32 Å². The van der Waals surface area contributed by atoms with Crippen LogP contribution in [0.25, 0.3) is 0 Å². The predicted molar refractivity (Wildman–Crippen MR) is 133 cm³/mol. The number of aliphatic hydroxyl groups is 1. The molecule has 0 spiro atoms. The summed E-state index contributed by atoms with van der Waals surface area (Å²) < 4.78 is 27.1. The molecule has 2 rings (SSSR count). The fourth-order valence-electron chi connectivity index (χ4n) is 3.46. The van der Waals surface area contributed by atoms with Crippen LogP contribution in [0.1, 0.15) is 44.2 Å². The maximum Gasteiger partial charge on any atom is 0.303 e. The highest BCUT2D eigenvalue weighted by molar-refractivity contribution is 7.89. The summed E-state index contributed by atoms with van der Waals surface area (Å²) >= 11 is 7.76. The van der Waals surface area contributed by atoms with Crippen molar-refractivity contribution >= 4 is 38.9 Å². The number of benzene rings is 1. The number of aliphatic carboxylic acids is 1. The number of halogens is 1. The lowest BCUT2D eigenvalue weighted by molar-refractivity contribution is -0.136. The van der Waals surface area contributed by atoms with E-state index in [9.17, 15) is 18.3 Å². The molecule has 10 heteroatoms. The van der Waals surface area contributed by atoms with E-state index in [1.54, 1.807) is 17.4 Å². The number of rotatable bonds is 14. The van der Waals surface area contributed by atoms with Gasteiger partial charge in [0.25, 0.3) is 0 Å². The van der Waals surface area contributed by atoms with Crippen LogP contribution >= 0.6 is 22.9 Å². The molecular weight excluding hydrogens is 484 g/mol. The van der Waals surface area contributed by atoms with Crippen molar-refractivity contribution < 1.29 is 23.4 Å². The van der Waals surface area contributed by atoms with Crippen molar-refractivity contribution in [2.45, 2.75) is 62.5 Å². The molecule has 0 aliphatic rings. The lowest BCUT2D eigenvalue weighted by Crippen LogP contribution is -2.46. The third kappa shape index (κ3) is 9.35. The first-order valence-electron chi connectivity index (χ1n) is 10.8. The van der Waals surface area contributed by atoms with Gasteiger partial charge < -0.3 is 15.5 Å². The molecule has 0 amide bonds. The summed E-state index contributed by atoms with van der Waals surface area (Å²) in [5.41, 5.74) is 1.67. The Morgan fingerprint density at radius 1 is 1.24 bits per heavy atom. The first kappa shape index (κ1) is 27.8. The minimum Gasteiger partial charge on any atom is -0.481 e. The fourth-order valence-corrected chi connectivity index (χ4v) is 5.79. The SMILES string of the molecule is CN(C[C@H](O)CNC(C)(C)CCCc1ccsc1)S(=O)(=O)c1cc(Cl)cc(CCC(=O)O)c1. The number of sulfonamides is 1. The van der Waals surface area contributed by atoms with Crippen LogP contribution in [-0.2, 0) is 27.7 Å². The maximum absolute atomic E-state index is 13.0. The molecule has 0 radical (unpaired) electrons. The van der Waals surface area contributed by atoms with Gasteiger partial charge in [-0.2, -0.15) is 15.6 Å². The monoisotopic (exact) mass is 516 g/mol. The molecule has 7 nitrogen and oxygen atoms in total. The molecule has 1 heterocycles. The second kappa shape index (κ2) is 12.3. The maximum atomic E-state index is 13.0. The third-order valence-electron chi connectivity index (χ3n) is 5.40. The van der Waals surface area contributed by atoms with Gasteiger partial charge in [0.1, 0.15) is 0 Å². The van der Waals surface area contributed by atoms with Gasteiger partial charge in [0, 0.05) is 37.1 Å². The van der Waals surface area contributed by atoms with E-state index in [0.29, 0.717) is 5.56 Å². The van der Waals surface area contributed by atoms with Gasteiger partial charge in [0.2, 0.25) is 10.0 Å². The Bertz CT molecular complexity index is 1010. The summed E-state index contributed by atoms with van der Waals surface area (Å²) in [7, 11) is -2.49. The second-order valence-electron chi connectivity index (χ2n) is 8.88. The van der Waals surface area contributed by atoms with Gasteiger partial charge in [-0.25, -0.2) is 8.42 Å². The van der Waals surface area contributed by atoms with Gasteiger partial charge in [0.05, 0.1) is 11.0 Å². The zero-order valence-electron chi connectivity index (χ0n) is 19.3. The molecular formula is C23H33ClN2O5S2. The highest BCUT2D eigenvalue weighted by Crippen LogP contribution is 2.23. The van der Waals surface area contributed by atoms with Gasteiger partial charge in [0.15, 0.2) is 0 Å².